The zero-order valence-electron chi connectivity index (χ0n) is 19.9. The first-order chi connectivity index (χ1) is 18.1. The number of hydrogen-bond acceptors (Lipinski definition) is 3. The van der Waals surface area contributed by atoms with Crippen LogP contribution in [0.2, 0.25) is 0 Å². The van der Waals surface area contributed by atoms with Crippen molar-refractivity contribution >= 4 is 39.7 Å². The van der Waals surface area contributed by atoms with E-state index in [2.05, 4.69) is 0 Å². The SMILES string of the molecule is O=C(O)c1ccccc1[N+](=O)OP(c1ccccc1)(c1ccccc1)(c1ccccc1)c1ccccc1. The number of benzene rings is 5. The van der Waals surface area contributed by atoms with Gasteiger partial charge in [-0.2, -0.15) is 0 Å². The molecule has 0 aromatic heterocycles. The Labute approximate surface area is 215 Å². The van der Waals surface area contributed by atoms with Crippen molar-refractivity contribution in [3.05, 3.63) is 156 Å². The molecule has 0 saturated heterocycles. The molecule has 0 aliphatic rings. The molecular formula is C31H25NO4P+. The van der Waals surface area contributed by atoms with Crippen LogP contribution < -0.4 is 21.2 Å². The van der Waals surface area contributed by atoms with Gasteiger partial charge in [0.1, 0.15) is 0 Å². The summed E-state index contributed by atoms with van der Waals surface area (Å²) < 4.78 is 6.89. The van der Waals surface area contributed by atoms with Crippen LogP contribution >= 0.6 is 6.83 Å². The third-order valence-electron chi connectivity index (χ3n) is 6.56. The Morgan fingerprint density at radius 1 is 0.541 bits per heavy atom. The number of para-hydroxylation sites is 1. The van der Waals surface area contributed by atoms with Crippen molar-refractivity contribution < 1.29 is 19.4 Å². The summed E-state index contributed by atoms with van der Waals surface area (Å²) in [5.41, 5.74) is -0.223. The second-order valence-corrected chi connectivity index (χ2v) is 12.8. The maximum absolute atomic E-state index is 14.1. The Morgan fingerprint density at radius 3 is 1.22 bits per heavy atom. The van der Waals surface area contributed by atoms with Crippen molar-refractivity contribution in [3.63, 3.8) is 0 Å². The van der Waals surface area contributed by atoms with Crippen molar-refractivity contribution in [1.29, 1.82) is 0 Å². The van der Waals surface area contributed by atoms with Crippen molar-refractivity contribution in [2.75, 3.05) is 0 Å². The summed E-state index contributed by atoms with van der Waals surface area (Å²) in [5, 5.41) is 13.1. The normalized spacial score (nSPS) is 12.2. The van der Waals surface area contributed by atoms with E-state index < -0.39 is 12.8 Å². The average Bonchev–Trinajstić information content (AvgIpc) is 2.98. The van der Waals surface area contributed by atoms with Crippen LogP contribution in [0.15, 0.2) is 146 Å². The third kappa shape index (κ3) is 3.81. The second-order valence-electron chi connectivity index (χ2n) is 8.54. The van der Waals surface area contributed by atoms with Gasteiger partial charge in [-0.25, -0.2) is 0 Å². The van der Waals surface area contributed by atoms with Crippen molar-refractivity contribution in [3.8, 4) is 0 Å². The summed E-state index contributed by atoms with van der Waals surface area (Å²) >= 11 is 0. The van der Waals surface area contributed by atoms with Gasteiger partial charge in [-0.05, 0) is 0 Å². The average molecular weight is 507 g/mol. The second kappa shape index (κ2) is 9.81. The Kier molecular flexibility index (Phi) is 6.39. The standard InChI is InChI=1S/C31H24NO4P/c33-31(34)29-23-13-14-24-30(29)32(35)36-37(25-15-5-1-6-16-25,26-17-7-2-8-18-26,27-19-9-3-10-20-27)28-21-11-4-12-22-28/h1-24H/p+1. The first-order valence-electron chi connectivity index (χ1n) is 11.8. The molecule has 0 saturated carbocycles. The van der Waals surface area contributed by atoms with Crippen LogP contribution in [-0.2, 0) is 4.62 Å². The Balaban J connectivity index is 1.97. The van der Waals surface area contributed by atoms with Gasteiger partial charge in [0.25, 0.3) is 0 Å². The Hall–Kier alpha value is -4.60. The molecule has 0 fully saturated rings. The van der Waals surface area contributed by atoms with E-state index in [4.69, 9.17) is 4.62 Å². The first kappa shape index (κ1) is 24.1. The summed E-state index contributed by atoms with van der Waals surface area (Å²) in [6.45, 7) is -4.27. The monoisotopic (exact) mass is 506 g/mol. The molecule has 6 heteroatoms. The summed E-state index contributed by atoms with van der Waals surface area (Å²) in [7, 11) is 0. The van der Waals surface area contributed by atoms with Gasteiger partial charge in [-0.3, -0.25) is 0 Å². The van der Waals surface area contributed by atoms with Crippen molar-refractivity contribution in [2.45, 2.75) is 0 Å². The molecule has 0 aliphatic heterocycles. The molecule has 0 aliphatic carbocycles. The molecule has 5 aromatic carbocycles. The number of nitrogens with zero attached hydrogens (tertiary/aromatic N) is 1. The van der Waals surface area contributed by atoms with Gasteiger partial charge >= 0.3 is 215 Å². The first-order valence-corrected chi connectivity index (χ1v) is 14.0. The molecule has 182 valence electrons. The van der Waals surface area contributed by atoms with E-state index in [1.165, 1.54) is 12.1 Å². The van der Waals surface area contributed by atoms with Crippen LogP contribution in [0.3, 0.4) is 0 Å². The topological polar surface area (TPSA) is 66.6 Å². The van der Waals surface area contributed by atoms with E-state index >= 15 is 0 Å². The number of carboxylic acids is 1. The van der Waals surface area contributed by atoms with Crippen LogP contribution in [0.4, 0.5) is 5.69 Å². The molecule has 0 atom stereocenters. The molecule has 1 N–H and O–H groups in total. The zero-order valence-corrected chi connectivity index (χ0v) is 20.8. The molecule has 0 amide bonds. The van der Waals surface area contributed by atoms with E-state index in [1.54, 1.807) is 12.1 Å². The minimum atomic E-state index is -4.27. The van der Waals surface area contributed by atoms with Gasteiger partial charge in [0.15, 0.2) is 0 Å². The summed E-state index contributed by atoms with van der Waals surface area (Å²) in [6.07, 6.45) is 0. The van der Waals surface area contributed by atoms with Gasteiger partial charge in [-0.1, -0.05) is 0 Å². The maximum atomic E-state index is 14.1. The molecule has 5 nitrogen and oxygen atoms in total. The number of aromatic carboxylic acids is 1. The van der Waals surface area contributed by atoms with E-state index in [0.717, 1.165) is 21.2 Å². The third-order valence-corrected chi connectivity index (χ3v) is 12.2. The van der Waals surface area contributed by atoms with Gasteiger partial charge < -0.3 is 0 Å². The van der Waals surface area contributed by atoms with Gasteiger partial charge in [-0.15, -0.1) is 0 Å². The van der Waals surface area contributed by atoms with Crippen LogP contribution in [0.25, 0.3) is 0 Å². The predicted molar refractivity (Wildman–Crippen MR) is 149 cm³/mol. The number of rotatable bonds is 8. The minimum absolute atomic E-state index is 0.0808. The number of carboxylic acid groups (broad SMARTS) is 1. The Bertz CT molecular complexity index is 1370. The molecule has 0 bridgehead atoms. The van der Waals surface area contributed by atoms with Crippen LogP contribution in [0, 0.1) is 4.91 Å². The predicted octanol–water partition coefficient (Wildman–Crippen LogP) is 5.50. The van der Waals surface area contributed by atoms with Crippen molar-refractivity contribution in [1.82, 2.24) is 0 Å². The fourth-order valence-corrected chi connectivity index (χ4v) is 10.5. The molecule has 5 aromatic rings. The quantitative estimate of drug-likeness (QED) is 0.223. The molecule has 37 heavy (non-hydrogen) atoms. The number of carbonyl (C=O) groups is 1. The van der Waals surface area contributed by atoms with Gasteiger partial charge in [0.05, 0.1) is 0 Å². The number of hydrogen-bond donors (Lipinski definition) is 1. The molecule has 0 heterocycles. The Morgan fingerprint density at radius 2 is 0.865 bits per heavy atom. The molecule has 0 unspecified atom stereocenters. The van der Waals surface area contributed by atoms with Crippen molar-refractivity contribution in [2.24, 2.45) is 0 Å². The molecule has 0 spiro atoms. The van der Waals surface area contributed by atoms with E-state index in [9.17, 15) is 14.8 Å². The van der Waals surface area contributed by atoms with Crippen LogP contribution in [0.1, 0.15) is 10.4 Å². The molecular weight excluding hydrogens is 481 g/mol. The van der Waals surface area contributed by atoms with E-state index in [-0.39, 0.29) is 11.3 Å². The van der Waals surface area contributed by atoms with Crippen LogP contribution in [-0.4, -0.2) is 16.0 Å². The van der Waals surface area contributed by atoms with Gasteiger partial charge in [0, 0.05) is 0 Å². The summed E-state index contributed by atoms with van der Waals surface area (Å²) in [5.74, 6) is -1.21. The van der Waals surface area contributed by atoms with Gasteiger partial charge in [0.2, 0.25) is 0 Å². The fraction of sp³-hybridized carbons (Fsp3) is 0. The van der Waals surface area contributed by atoms with E-state index in [1.807, 2.05) is 121 Å². The molecule has 5 rings (SSSR count). The summed E-state index contributed by atoms with van der Waals surface area (Å²) in [6, 6.07) is 45.0. The molecule has 0 radical (unpaired) electrons. The summed E-state index contributed by atoms with van der Waals surface area (Å²) in [4.78, 5) is 26.6. The zero-order chi connectivity index (χ0) is 25.7. The fourth-order valence-electron chi connectivity index (χ4n) is 4.94. The van der Waals surface area contributed by atoms with E-state index in [0.29, 0.717) is 4.92 Å². The van der Waals surface area contributed by atoms with Crippen LogP contribution in [0.5, 0.6) is 0 Å².